The van der Waals surface area contributed by atoms with Gasteiger partial charge in [-0.25, -0.2) is 9.59 Å². The number of hydrogen-bond acceptors (Lipinski definition) is 3. The first-order chi connectivity index (χ1) is 6.69. The minimum atomic E-state index is -1.10. The van der Waals surface area contributed by atoms with Crippen LogP contribution in [0.5, 0.6) is 0 Å². The van der Waals surface area contributed by atoms with Gasteiger partial charge in [0.1, 0.15) is 11.1 Å². The van der Waals surface area contributed by atoms with Crippen molar-refractivity contribution in [1.82, 2.24) is 4.90 Å². The van der Waals surface area contributed by atoms with Crippen LogP contribution in [0.3, 0.4) is 0 Å². The van der Waals surface area contributed by atoms with Crippen LogP contribution in [0.4, 0.5) is 4.79 Å². The Bertz CT molecular complexity index is 288. The van der Waals surface area contributed by atoms with Gasteiger partial charge in [0, 0.05) is 7.05 Å². The fraction of sp³-hybridized carbons (Fsp3) is 0.800. The number of carbonyl (C=O) groups is 2. The van der Waals surface area contributed by atoms with E-state index >= 15 is 0 Å². The van der Waals surface area contributed by atoms with Crippen LogP contribution in [-0.2, 0) is 9.53 Å². The van der Waals surface area contributed by atoms with E-state index in [1.165, 1.54) is 7.05 Å². The largest absolute Gasteiger partial charge is 0.465 e. The molecular formula is C10H17NO4. The second kappa shape index (κ2) is 3.40. The van der Waals surface area contributed by atoms with E-state index in [1.807, 2.05) is 0 Å². The SMILES string of the molecule is CN(C(=O)O)C1(C(=O)OC(C)(C)C)CC1. The second-order valence-electron chi connectivity index (χ2n) is 4.88. The fourth-order valence-corrected chi connectivity index (χ4v) is 1.35. The van der Waals surface area contributed by atoms with Gasteiger partial charge in [-0.2, -0.15) is 0 Å². The molecule has 86 valence electrons. The van der Waals surface area contributed by atoms with Crippen LogP contribution in [0, 0.1) is 0 Å². The van der Waals surface area contributed by atoms with Crippen LogP contribution in [0.25, 0.3) is 0 Å². The van der Waals surface area contributed by atoms with Crippen molar-refractivity contribution in [3.8, 4) is 0 Å². The number of nitrogens with zero attached hydrogens (tertiary/aromatic N) is 1. The summed E-state index contributed by atoms with van der Waals surface area (Å²) in [5.74, 6) is -0.445. The molecule has 1 N–H and O–H groups in total. The third-order valence-electron chi connectivity index (χ3n) is 2.43. The molecule has 15 heavy (non-hydrogen) atoms. The molecule has 0 aliphatic heterocycles. The van der Waals surface area contributed by atoms with Crippen LogP contribution < -0.4 is 0 Å². The van der Waals surface area contributed by atoms with Crippen molar-refractivity contribution in [2.24, 2.45) is 0 Å². The Hall–Kier alpha value is -1.26. The number of likely N-dealkylation sites (N-methyl/N-ethyl adjacent to an activating group) is 1. The lowest BCUT2D eigenvalue weighted by molar-refractivity contribution is -0.162. The summed E-state index contributed by atoms with van der Waals surface area (Å²) in [6.07, 6.45) is -0.00606. The van der Waals surface area contributed by atoms with Gasteiger partial charge in [-0.3, -0.25) is 4.90 Å². The van der Waals surface area contributed by atoms with Gasteiger partial charge in [0.2, 0.25) is 0 Å². The van der Waals surface area contributed by atoms with Crippen molar-refractivity contribution in [3.05, 3.63) is 0 Å². The van der Waals surface area contributed by atoms with E-state index in [0.29, 0.717) is 12.8 Å². The maximum atomic E-state index is 11.8. The summed E-state index contributed by atoms with van der Waals surface area (Å²) < 4.78 is 5.19. The van der Waals surface area contributed by atoms with Gasteiger partial charge in [-0.1, -0.05) is 0 Å². The average Bonchev–Trinajstić information content (AvgIpc) is 2.79. The predicted molar refractivity (Wildman–Crippen MR) is 53.6 cm³/mol. The standard InChI is InChI=1S/C10H17NO4/c1-9(2,3)15-7(12)10(5-6-10)11(4)8(13)14/h5-6H2,1-4H3,(H,13,14). The molecule has 0 heterocycles. The third-order valence-corrected chi connectivity index (χ3v) is 2.43. The molecule has 1 aliphatic rings. The van der Waals surface area contributed by atoms with Crippen molar-refractivity contribution in [1.29, 1.82) is 0 Å². The van der Waals surface area contributed by atoms with Gasteiger partial charge in [0.15, 0.2) is 0 Å². The van der Waals surface area contributed by atoms with Crippen molar-refractivity contribution < 1.29 is 19.4 Å². The molecule has 0 saturated heterocycles. The summed E-state index contributed by atoms with van der Waals surface area (Å²) in [5, 5.41) is 8.82. The van der Waals surface area contributed by atoms with E-state index in [2.05, 4.69) is 0 Å². The van der Waals surface area contributed by atoms with Crippen LogP contribution in [0.2, 0.25) is 0 Å². The zero-order valence-electron chi connectivity index (χ0n) is 9.53. The van der Waals surface area contributed by atoms with E-state index in [-0.39, 0.29) is 0 Å². The molecular weight excluding hydrogens is 198 g/mol. The Morgan fingerprint density at radius 1 is 1.33 bits per heavy atom. The molecule has 0 bridgehead atoms. The summed E-state index contributed by atoms with van der Waals surface area (Å²) in [4.78, 5) is 23.6. The Balaban J connectivity index is 2.71. The van der Waals surface area contributed by atoms with E-state index < -0.39 is 23.2 Å². The lowest BCUT2D eigenvalue weighted by Crippen LogP contribution is -2.46. The Morgan fingerprint density at radius 2 is 1.80 bits per heavy atom. The topological polar surface area (TPSA) is 66.8 Å². The van der Waals surface area contributed by atoms with E-state index in [9.17, 15) is 9.59 Å². The molecule has 5 nitrogen and oxygen atoms in total. The smallest absolute Gasteiger partial charge is 0.407 e. The lowest BCUT2D eigenvalue weighted by atomic mass is 10.1. The van der Waals surface area contributed by atoms with Crippen molar-refractivity contribution in [2.45, 2.75) is 44.8 Å². The number of rotatable bonds is 2. The number of esters is 1. The minimum Gasteiger partial charge on any atom is -0.465 e. The van der Waals surface area contributed by atoms with Gasteiger partial charge < -0.3 is 9.84 Å². The molecule has 0 spiro atoms. The molecule has 1 aliphatic carbocycles. The van der Waals surface area contributed by atoms with Crippen molar-refractivity contribution >= 4 is 12.1 Å². The summed E-state index contributed by atoms with van der Waals surface area (Å²) in [6, 6.07) is 0. The lowest BCUT2D eigenvalue weighted by Gasteiger charge is -2.28. The highest BCUT2D eigenvalue weighted by atomic mass is 16.6. The van der Waals surface area contributed by atoms with E-state index in [4.69, 9.17) is 9.84 Å². The molecule has 1 amide bonds. The van der Waals surface area contributed by atoms with Crippen LogP contribution in [0.1, 0.15) is 33.6 Å². The summed E-state index contributed by atoms with van der Waals surface area (Å²) >= 11 is 0. The molecule has 1 rings (SSSR count). The van der Waals surface area contributed by atoms with Gasteiger partial charge in [0.05, 0.1) is 0 Å². The Morgan fingerprint density at radius 3 is 2.07 bits per heavy atom. The third kappa shape index (κ3) is 2.40. The first-order valence-corrected chi connectivity index (χ1v) is 4.89. The summed E-state index contributed by atoms with van der Waals surface area (Å²) in [7, 11) is 1.40. The predicted octanol–water partition coefficient (Wildman–Crippen LogP) is 1.47. The quantitative estimate of drug-likeness (QED) is 0.708. The van der Waals surface area contributed by atoms with Gasteiger partial charge >= 0.3 is 12.1 Å². The molecule has 0 unspecified atom stereocenters. The minimum absolute atomic E-state index is 0.445. The molecule has 0 aromatic heterocycles. The maximum Gasteiger partial charge on any atom is 0.407 e. The molecule has 1 saturated carbocycles. The Kier molecular flexibility index (Phi) is 2.67. The first-order valence-electron chi connectivity index (χ1n) is 4.89. The number of ether oxygens (including phenoxy) is 1. The normalized spacial score (nSPS) is 18.1. The zero-order valence-corrected chi connectivity index (χ0v) is 9.53. The van der Waals surface area contributed by atoms with Gasteiger partial charge in [0.25, 0.3) is 0 Å². The zero-order chi connectivity index (χ0) is 11.9. The first kappa shape index (κ1) is 11.8. The number of carboxylic acid groups (broad SMARTS) is 1. The van der Waals surface area contributed by atoms with E-state index in [0.717, 1.165) is 4.90 Å². The molecule has 5 heteroatoms. The highest BCUT2D eigenvalue weighted by Crippen LogP contribution is 2.42. The van der Waals surface area contributed by atoms with Gasteiger partial charge in [-0.15, -0.1) is 0 Å². The van der Waals surface area contributed by atoms with E-state index in [1.54, 1.807) is 20.8 Å². The number of amides is 1. The molecule has 0 radical (unpaired) electrons. The monoisotopic (exact) mass is 215 g/mol. The van der Waals surface area contributed by atoms with Crippen LogP contribution in [-0.4, -0.2) is 40.3 Å². The highest BCUT2D eigenvalue weighted by Gasteiger charge is 2.57. The van der Waals surface area contributed by atoms with Gasteiger partial charge in [-0.05, 0) is 33.6 Å². The number of carbonyl (C=O) groups excluding carboxylic acids is 1. The molecule has 0 atom stereocenters. The molecule has 0 aromatic carbocycles. The van der Waals surface area contributed by atoms with Crippen LogP contribution >= 0.6 is 0 Å². The molecule has 0 aromatic rings. The highest BCUT2D eigenvalue weighted by molar-refractivity contribution is 5.88. The maximum absolute atomic E-state index is 11.8. The Labute approximate surface area is 89.0 Å². The van der Waals surface area contributed by atoms with Crippen LogP contribution in [0.15, 0.2) is 0 Å². The molecule has 1 fully saturated rings. The average molecular weight is 215 g/mol. The summed E-state index contributed by atoms with van der Waals surface area (Å²) in [6.45, 7) is 5.30. The fourth-order valence-electron chi connectivity index (χ4n) is 1.35. The van der Waals surface area contributed by atoms with Crippen molar-refractivity contribution in [3.63, 3.8) is 0 Å². The van der Waals surface area contributed by atoms with Crippen molar-refractivity contribution in [2.75, 3.05) is 7.05 Å². The number of hydrogen-bond donors (Lipinski definition) is 1. The summed E-state index contributed by atoms with van der Waals surface area (Å²) in [5.41, 5.74) is -1.51. The second-order valence-corrected chi connectivity index (χ2v) is 4.88.